The Labute approximate surface area is 216 Å². The molecule has 0 radical (unpaired) electrons. The van der Waals surface area contributed by atoms with Crippen LogP contribution in [0.3, 0.4) is 0 Å². The zero-order valence-electron chi connectivity index (χ0n) is 19.3. The lowest BCUT2D eigenvalue weighted by molar-refractivity contribution is -0.128. The molecule has 7 nitrogen and oxygen atoms in total. The number of carbonyl (C=O) groups is 3. The molecule has 3 heterocycles. The lowest BCUT2D eigenvalue weighted by atomic mass is 10.1. The van der Waals surface area contributed by atoms with E-state index in [-0.39, 0.29) is 17.7 Å². The summed E-state index contributed by atoms with van der Waals surface area (Å²) in [5, 5.41) is 0. The molecule has 0 N–H and O–H groups in total. The maximum Gasteiger partial charge on any atom is 0.266 e. The number of hydrogen-bond donors (Lipinski definition) is 0. The van der Waals surface area contributed by atoms with Gasteiger partial charge in [0.05, 0.1) is 32.8 Å². The lowest BCUT2D eigenvalue weighted by Crippen LogP contribution is -2.49. The molecular formula is C27H22N4O3S2. The molecule has 36 heavy (non-hydrogen) atoms. The molecule has 0 spiro atoms. The van der Waals surface area contributed by atoms with Crippen molar-refractivity contribution in [3.05, 3.63) is 83.9 Å². The topological polar surface area (TPSA) is 73.8 Å². The lowest BCUT2D eigenvalue weighted by Gasteiger charge is -2.36. The van der Waals surface area contributed by atoms with Gasteiger partial charge in [0.25, 0.3) is 11.8 Å². The maximum atomic E-state index is 12.8. The van der Waals surface area contributed by atoms with Crippen molar-refractivity contribution < 1.29 is 14.4 Å². The number of imide groups is 1. The van der Waals surface area contributed by atoms with Gasteiger partial charge in [0.15, 0.2) is 4.34 Å². The van der Waals surface area contributed by atoms with Gasteiger partial charge in [-0.15, -0.1) is 11.3 Å². The van der Waals surface area contributed by atoms with Gasteiger partial charge in [0.2, 0.25) is 5.91 Å². The van der Waals surface area contributed by atoms with Crippen molar-refractivity contribution in [1.29, 1.82) is 0 Å². The SMILES string of the molecule is O=C(CSc1nc2ccc(N3C(=O)c4ccccc4C3=O)cc2s1)N1CCN(c2ccccc2)CC1. The van der Waals surface area contributed by atoms with E-state index in [4.69, 9.17) is 0 Å². The summed E-state index contributed by atoms with van der Waals surface area (Å²) in [4.78, 5) is 48.5. The average Bonchev–Trinajstić information content (AvgIpc) is 3.45. The fourth-order valence-corrected chi connectivity index (χ4v) is 6.59. The van der Waals surface area contributed by atoms with Crippen LogP contribution in [0.2, 0.25) is 0 Å². The second kappa shape index (κ2) is 9.40. The van der Waals surface area contributed by atoms with E-state index in [1.165, 1.54) is 33.7 Å². The van der Waals surface area contributed by atoms with Crippen molar-refractivity contribution in [2.24, 2.45) is 0 Å². The highest BCUT2D eigenvalue weighted by Crippen LogP contribution is 2.35. The Hall–Kier alpha value is -3.69. The number of amides is 3. The zero-order chi connectivity index (χ0) is 24.6. The number of nitrogens with zero attached hydrogens (tertiary/aromatic N) is 4. The molecule has 9 heteroatoms. The molecule has 1 aromatic heterocycles. The van der Waals surface area contributed by atoms with Gasteiger partial charge in [-0.2, -0.15) is 0 Å². The fraction of sp³-hybridized carbons (Fsp3) is 0.185. The minimum absolute atomic E-state index is 0.110. The van der Waals surface area contributed by atoms with Crippen LogP contribution in [0.25, 0.3) is 10.2 Å². The van der Waals surface area contributed by atoms with Crippen molar-refractivity contribution in [2.75, 3.05) is 41.7 Å². The number of fused-ring (bicyclic) bond motifs is 2. The van der Waals surface area contributed by atoms with Crippen LogP contribution in [-0.2, 0) is 4.79 Å². The summed E-state index contributed by atoms with van der Waals surface area (Å²) in [6.07, 6.45) is 0. The minimum atomic E-state index is -0.313. The Bertz CT molecular complexity index is 1440. The first-order chi connectivity index (χ1) is 17.6. The van der Waals surface area contributed by atoms with E-state index in [2.05, 4.69) is 22.0 Å². The number of benzene rings is 3. The van der Waals surface area contributed by atoms with Gasteiger partial charge in [-0.3, -0.25) is 14.4 Å². The smallest absolute Gasteiger partial charge is 0.266 e. The third kappa shape index (κ3) is 4.14. The highest BCUT2D eigenvalue weighted by molar-refractivity contribution is 8.01. The van der Waals surface area contributed by atoms with E-state index in [0.717, 1.165) is 27.6 Å². The summed E-state index contributed by atoms with van der Waals surface area (Å²) in [6, 6.07) is 22.5. The predicted molar refractivity (Wildman–Crippen MR) is 143 cm³/mol. The van der Waals surface area contributed by atoms with Crippen molar-refractivity contribution in [3.8, 4) is 0 Å². The molecule has 180 valence electrons. The van der Waals surface area contributed by atoms with Crippen molar-refractivity contribution in [3.63, 3.8) is 0 Å². The number of hydrogen-bond acceptors (Lipinski definition) is 7. The molecule has 3 aromatic carbocycles. The van der Waals surface area contributed by atoms with Gasteiger partial charge >= 0.3 is 0 Å². The van der Waals surface area contributed by atoms with Crippen LogP contribution >= 0.6 is 23.1 Å². The average molecular weight is 515 g/mol. The molecule has 3 amide bonds. The van der Waals surface area contributed by atoms with Gasteiger partial charge in [0.1, 0.15) is 0 Å². The number of piperazine rings is 1. The van der Waals surface area contributed by atoms with E-state index < -0.39 is 0 Å². The van der Waals surface area contributed by atoms with Crippen LogP contribution in [0.1, 0.15) is 20.7 Å². The monoisotopic (exact) mass is 514 g/mol. The van der Waals surface area contributed by atoms with E-state index >= 15 is 0 Å². The number of rotatable bonds is 5. The van der Waals surface area contributed by atoms with E-state index in [0.29, 0.717) is 35.7 Å². The molecule has 0 atom stereocenters. The summed E-state index contributed by atoms with van der Waals surface area (Å²) >= 11 is 2.90. The number of thiazole rings is 1. The number of anilines is 2. The Kier molecular flexibility index (Phi) is 5.94. The quantitative estimate of drug-likeness (QED) is 0.288. The molecule has 2 aliphatic rings. The molecule has 6 rings (SSSR count). The molecular weight excluding hydrogens is 492 g/mol. The Balaban J connectivity index is 1.10. The van der Waals surface area contributed by atoms with Gasteiger partial charge in [-0.05, 0) is 42.5 Å². The first-order valence-electron chi connectivity index (χ1n) is 11.7. The summed E-state index contributed by atoms with van der Waals surface area (Å²) in [7, 11) is 0. The maximum absolute atomic E-state index is 12.8. The summed E-state index contributed by atoms with van der Waals surface area (Å²) in [5.74, 6) is -0.186. The Morgan fingerprint density at radius 3 is 2.19 bits per heavy atom. The van der Waals surface area contributed by atoms with Crippen LogP contribution in [0.4, 0.5) is 11.4 Å². The summed E-state index contributed by atoms with van der Waals surface area (Å²) in [6.45, 7) is 3.06. The highest BCUT2D eigenvalue weighted by atomic mass is 32.2. The Morgan fingerprint density at radius 1 is 0.833 bits per heavy atom. The fourth-order valence-electron chi connectivity index (χ4n) is 4.58. The molecule has 0 bridgehead atoms. The van der Waals surface area contributed by atoms with Crippen LogP contribution < -0.4 is 9.80 Å². The number of carbonyl (C=O) groups excluding carboxylic acids is 3. The summed E-state index contributed by atoms with van der Waals surface area (Å²) in [5.41, 5.74) is 3.35. The Morgan fingerprint density at radius 2 is 1.50 bits per heavy atom. The third-order valence-corrected chi connectivity index (χ3v) is 8.62. The first kappa shape index (κ1) is 22.8. The van der Waals surface area contributed by atoms with Crippen LogP contribution in [0.5, 0.6) is 0 Å². The summed E-state index contributed by atoms with van der Waals surface area (Å²) < 4.78 is 1.66. The normalized spacial score (nSPS) is 15.6. The third-order valence-electron chi connectivity index (χ3n) is 6.48. The van der Waals surface area contributed by atoms with E-state index in [1.807, 2.05) is 35.2 Å². The minimum Gasteiger partial charge on any atom is -0.368 e. The van der Waals surface area contributed by atoms with Crippen molar-refractivity contribution in [2.45, 2.75) is 4.34 Å². The predicted octanol–water partition coefficient (Wildman–Crippen LogP) is 4.54. The zero-order valence-corrected chi connectivity index (χ0v) is 20.9. The molecule has 0 unspecified atom stereocenters. The van der Waals surface area contributed by atoms with Crippen LogP contribution in [0.15, 0.2) is 77.1 Å². The number of thioether (sulfide) groups is 1. The van der Waals surface area contributed by atoms with Crippen molar-refractivity contribution >= 4 is 62.4 Å². The molecule has 1 fully saturated rings. The van der Waals surface area contributed by atoms with Crippen molar-refractivity contribution in [1.82, 2.24) is 9.88 Å². The standard InChI is InChI=1S/C27H22N4O3S2/c32-24(30-14-12-29(13-15-30)18-6-2-1-3-7-18)17-35-27-28-22-11-10-19(16-23(22)36-27)31-25(33)20-8-4-5-9-21(20)26(31)34/h1-11,16H,12-15,17H2. The molecule has 2 aliphatic heterocycles. The molecule has 4 aromatic rings. The molecule has 0 saturated carbocycles. The second-order valence-corrected chi connectivity index (χ2v) is 10.9. The first-order valence-corrected chi connectivity index (χ1v) is 13.5. The second-order valence-electron chi connectivity index (χ2n) is 8.62. The number of para-hydroxylation sites is 1. The van der Waals surface area contributed by atoms with Gasteiger partial charge < -0.3 is 9.80 Å². The van der Waals surface area contributed by atoms with Gasteiger partial charge in [-0.1, -0.05) is 42.1 Å². The largest absolute Gasteiger partial charge is 0.368 e. The van der Waals surface area contributed by atoms with Crippen LogP contribution in [0, 0.1) is 0 Å². The van der Waals surface area contributed by atoms with Gasteiger partial charge in [0, 0.05) is 31.9 Å². The van der Waals surface area contributed by atoms with Gasteiger partial charge in [-0.25, -0.2) is 9.88 Å². The number of aromatic nitrogens is 1. The highest BCUT2D eigenvalue weighted by Gasteiger charge is 2.36. The van der Waals surface area contributed by atoms with Crippen LogP contribution in [-0.4, -0.2) is 59.5 Å². The van der Waals surface area contributed by atoms with E-state index in [1.54, 1.807) is 30.3 Å². The van der Waals surface area contributed by atoms with E-state index in [9.17, 15) is 14.4 Å². The molecule has 0 aliphatic carbocycles. The molecule has 1 saturated heterocycles.